The Hall–Kier alpha value is -0.860. The van der Waals surface area contributed by atoms with Crippen molar-refractivity contribution in [2.24, 2.45) is 0 Å². The molecule has 0 saturated carbocycles. The Morgan fingerprint density at radius 2 is 1.81 bits per heavy atom. The van der Waals surface area contributed by atoms with Crippen molar-refractivity contribution in [1.29, 1.82) is 0 Å². The average molecular weight is 221 g/mol. The number of methoxy groups -OCH3 is 1. The van der Waals surface area contributed by atoms with Crippen LogP contribution < -0.4 is 5.32 Å². The SMILES string of the molecule is CNC(c1ccc(C)c(C)c1)C(C)(C)OC. The highest BCUT2D eigenvalue weighted by molar-refractivity contribution is 5.32. The van der Waals surface area contributed by atoms with Gasteiger partial charge in [-0.3, -0.25) is 0 Å². The quantitative estimate of drug-likeness (QED) is 0.844. The molecule has 0 radical (unpaired) electrons. The Bertz CT molecular complexity index is 358. The lowest BCUT2D eigenvalue weighted by Crippen LogP contribution is -2.39. The maximum Gasteiger partial charge on any atom is 0.0816 e. The molecule has 90 valence electrons. The number of hydrogen-bond donors (Lipinski definition) is 1. The number of benzene rings is 1. The molecule has 1 rings (SSSR count). The van der Waals surface area contributed by atoms with E-state index in [4.69, 9.17) is 4.74 Å². The van der Waals surface area contributed by atoms with E-state index in [2.05, 4.69) is 51.2 Å². The number of ether oxygens (including phenoxy) is 1. The predicted octanol–water partition coefficient (Wildman–Crippen LogP) is 2.99. The van der Waals surface area contributed by atoms with Crippen molar-refractivity contribution in [3.05, 3.63) is 34.9 Å². The van der Waals surface area contributed by atoms with E-state index < -0.39 is 0 Å². The Labute approximate surface area is 99.0 Å². The monoisotopic (exact) mass is 221 g/mol. The lowest BCUT2D eigenvalue weighted by molar-refractivity contribution is -0.00900. The molecule has 0 fully saturated rings. The molecule has 0 aliphatic heterocycles. The summed E-state index contributed by atoms with van der Waals surface area (Å²) in [7, 11) is 3.73. The first-order chi connectivity index (χ1) is 7.42. The summed E-state index contributed by atoms with van der Waals surface area (Å²) in [5.41, 5.74) is 3.71. The van der Waals surface area contributed by atoms with Crippen LogP contribution in [0.3, 0.4) is 0 Å². The van der Waals surface area contributed by atoms with E-state index >= 15 is 0 Å². The first kappa shape index (κ1) is 13.2. The van der Waals surface area contributed by atoms with Gasteiger partial charge >= 0.3 is 0 Å². The Balaban J connectivity index is 3.09. The first-order valence-corrected chi connectivity index (χ1v) is 5.72. The van der Waals surface area contributed by atoms with Crippen molar-refractivity contribution in [3.8, 4) is 0 Å². The van der Waals surface area contributed by atoms with Gasteiger partial charge in [0.15, 0.2) is 0 Å². The van der Waals surface area contributed by atoms with Gasteiger partial charge in [0.1, 0.15) is 0 Å². The predicted molar refractivity (Wildman–Crippen MR) is 68.8 cm³/mol. The Kier molecular flexibility index (Phi) is 4.11. The average Bonchev–Trinajstić information content (AvgIpc) is 2.24. The van der Waals surface area contributed by atoms with Crippen molar-refractivity contribution in [2.75, 3.05) is 14.2 Å². The van der Waals surface area contributed by atoms with E-state index in [0.717, 1.165) is 0 Å². The van der Waals surface area contributed by atoms with E-state index in [1.54, 1.807) is 7.11 Å². The summed E-state index contributed by atoms with van der Waals surface area (Å²) in [5, 5.41) is 3.33. The third-order valence-electron chi connectivity index (χ3n) is 3.37. The smallest absolute Gasteiger partial charge is 0.0816 e. The van der Waals surface area contributed by atoms with Crippen molar-refractivity contribution in [2.45, 2.75) is 39.3 Å². The highest BCUT2D eigenvalue weighted by atomic mass is 16.5. The molecular weight excluding hydrogens is 198 g/mol. The van der Waals surface area contributed by atoms with Gasteiger partial charge in [0.25, 0.3) is 0 Å². The lowest BCUT2D eigenvalue weighted by atomic mass is 9.90. The molecule has 0 aliphatic carbocycles. The van der Waals surface area contributed by atoms with Gasteiger partial charge in [-0.25, -0.2) is 0 Å². The second-order valence-electron chi connectivity index (χ2n) is 4.87. The summed E-state index contributed by atoms with van der Waals surface area (Å²) in [6.45, 7) is 8.48. The van der Waals surface area contributed by atoms with Gasteiger partial charge in [-0.05, 0) is 51.4 Å². The summed E-state index contributed by atoms with van der Waals surface area (Å²) in [4.78, 5) is 0. The second-order valence-corrected chi connectivity index (χ2v) is 4.87. The molecule has 0 amide bonds. The summed E-state index contributed by atoms with van der Waals surface area (Å²) in [6, 6.07) is 6.78. The van der Waals surface area contributed by atoms with Crippen LogP contribution in [0.1, 0.15) is 36.6 Å². The minimum absolute atomic E-state index is 0.205. The number of likely N-dealkylation sites (N-methyl/N-ethyl adjacent to an activating group) is 1. The highest BCUT2D eigenvalue weighted by Gasteiger charge is 2.29. The molecule has 0 bridgehead atoms. The molecule has 1 atom stereocenters. The number of rotatable bonds is 4. The van der Waals surface area contributed by atoms with Crippen LogP contribution in [0.4, 0.5) is 0 Å². The van der Waals surface area contributed by atoms with Gasteiger partial charge in [0.05, 0.1) is 11.6 Å². The Morgan fingerprint density at radius 1 is 1.19 bits per heavy atom. The molecule has 16 heavy (non-hydrogen) atoms. The molecule has 1 N–H and O–H groups in total. The molecule has 0 spiro atoms. The fourth-order valence-electron chi connectivity index (χ4n) is 1.98. The Morgan fingerprint density at radius 3 is 2.25 bits per heavy atom. The van der Waals surface area contributed by atoms with Crippen LogP contribution in [-0.2, 0) is 4.74 Å². The standard InChI is InChI=1S/C14H23NO/c1-10-7-8-12(9-11(10)2)13(15-5)14(3,4)16-6/h7-9,13,15H,1-6H3. The van der Waals surface area contributed by atoms with Gasteiger partial charge in [0, 0.05) is 7.11 Å². The van der Waals surface area contributed by atoms with Crippen LogP contribution in [0.2, 0.25) is 0 Å². The van der Waals surface area contributed by atoms with Crippen molar-refractivity contribution >= 4 is 0 Å². The number of nitrogens with one attached hydrogen (secondary N) is 1. The summed E-state index contributed by atoms with van der Waals surface area (Å²) < 4.78 is 5.55. The molecule has 0 heterocycles. The largest absolute Gasteiger partial charge is 0.377 e. The van der Waals surface area contributed by atoms with Crippen LogP contribution in [-0.4, -0.2) is 19.8 Å². The minimum Gasteiger partial charge on any atom is -0.377 e. The van der Waals surface area contributed by atoms with E-state index in [1.165, 1.54) is 16.7 Å². The molecule has 0 aliphatic rings. The van der Waals surface area contributed by atoms with Gasteiger partial charge in [0.2, 0.25) is 0 Å². The molecule has 1 unspecified atom stereocenters. The third-order valence-corrected chi connectivity index (χ3v) is 3.37. The van der Waals surface area contributed by atoms with Crippen molar-refractivity contribution in [3.63, 3.8) is 0 Å². The highest BCUT2D eigenvalue weighted by Crippen LogP contribution is 2.29. The lowest BCUT2D eigenvalue weighted by Gasteiger charge is -2.33. The molecule has 1 aromatic rings. The van der Waals surface area contributed by atoms with Gasteiger partial charge < -0.3 is 10.1 Å². The summed E-state index contributed by atoms with van der Waals surface area (Å²) in [6.07, 6.45) is 0. The van der Waals surface area contributed by atoms with Gasteiger partial charge in [-0.2, -0.15) is 0 Å². The van der Waals surface area contributed by atoms with Crippen LogP contribution >= 0.6 is 0 Å². The van der Waals surface area contributed by atoms with Crippen LogP contribution in [0.25, 0.3) is 0 Å². The fraction of sp³-hybridized carbons (Fsp3) is 0.571. The first-order valence-electron chi connectivity index (χ1n) is 5.72. The zero-order valence-electron chi connectivity index (χ0n) is 11.2. The molecule has 2 heteroatoms. The fourth-order valence-corrected chi connectivity index (χ4v) is 1.98. The van der Waals surface area contributed by atoms with Crippen molar-refractivity contribution < 1.29 is 4.74 Å². The van der Waals surface area contributed by atoms with Gasteiger partial charge in [-0.15, -0.1) is 0 Å². The van der Waals surface area contributed by atoms with E-state index in [9.17, 15) is 0 Å². The molecule has 1 aromatic carbocycles. The van der Waals surface area contributed by atoms with Crippen LogP contribution in [0.15, 0.2) is 18.2 Å². The van der Waals surface area contributed by atoms with Gasteiger partial charge in [-0.1, -0.05) is 18.2 Å². The normalized spacial score (nSPS) is 13.9. The molecule has 0 aromatic heterocycles. The third kappa shape index (κ3) is 2.63. The molecular formula is C14H23NO. The zero-order chi connectivity index (χ0) is 12.3. The summed E-state index contributed by atoms with van der Waals surface area (Å²) >= 11 is 0. The molecule has 0 saturated heterocycles. The van der Waals surface area contributed by atoms with Crippen molar-refractivity contribution in [1.82, 2.24) is 5.32 Å². The van der Waals surface area contributed by atoms with E-state index in [-0.39, 0.29) is 11.6 Å². The summed E-state index contributed by atoms with van der Waals surface area (Å²) in [5.74, 6) is 0. The maximum absolute atomic E-state index is 5.55. The second kappa shape index (κ2) is 4.98. The van der Waals surface area contributed by atoms with E-state index in [1.807, 2.05) is 7.05 Å². The van der Waals surface area contributed by atoms with Crippen LogP contribution in [0.5, 0.6) is 0 Å². The number of hydrogen-bond acceptors (Lipinski definition) is 2. The topological polar surface area (TPSA) is 21.3 Å². The van der Waals surface area contributed by atoms with E-state index in [0.29, 0.717) is 0 Å². The molecule has 2 nitrogen and oxygen atoms in total. The van der Waals surface area contributed by atoms with Crippen LogP contribution in [0, 0.1) is 13.8 Å². The minimum atomic E-state index is -0.212. The zero-order valence-corrected chi connectivity index (χ0v) is 11.2. The maximum atomic E-state index is 5.55. The number of aryl methyl sites for hydroxylation is 2.